The quantitative estimate of drug-likeness (QED) is 0.493. The fraction of sp³-hybridized carbons (Fsp3) is 0.150. The highest BCUT2D eigenvalue weighted by atomic mass is 35.5. The standard InChI is InChI=1S/C20H19ClN4O4S/c1-11-17(18(26)24-15-9-8-14(28-2)10-16(15)29-3)30-20(22-11)25-19(27)23-13-6-4-12(21)5-7-13/h4-10H,1-3H3,(H,24,26)(H2,22,23,25,27). The third kappa shape index (κ3) is 5.19. The number of nitrogens with one attached hydrogen (secondary N) is 3. The van der Waals surface area contributed by atoms with Crippen molar-refractivity contribution in [1.29, 1.82) is 0 Å². The molecule has 8 nitrogen and oxygen atoms in total. The minimum Gasteiger partial charge on any atom is -0.497 e. The van der Waals surface area contributed by atoms with Gasteiger partial charge in [-0.2, -0.15) is 0 Å². The average molecular weight is 447 g/mol. The van der Waals surface area contributed by atoms with Gasteiger partial charge in [0.15, 0.2) is 5.13 Å². The Morgan fingerprint density at radius 2 is 1.73 bits per heavy atom. The smallest absolute Gasteiger partial charge is 0.325 e. The second-order valence-electron chi connectivity index (χ2n) is 6.04. The van der Waals surface area contributed by atoms with E-state index in [2.05, 4.69) is 20.9 Å². The SMILES string of the molecule is COc1ccc(NC(=O)c2sc(NC(=O)Nc3ccc(Cl)cc3)nc2C)c(OC)c1. The van der Waals surface area contributed by atoms with Crippen LogP contribution in [-0.4, -0.2) is 31.1 Å². The summed E-state index contributed by atoms with van der Waals surface area (Å²) in [6.45, 7) is 1.69. The Morgan fingerprint density at radius 3 is 2.40 bits per heavy atom. The second kappa shape index (κ2) is 9.47. The molecule has 0 spiro atoms. The summed E-state index contributed by atoms with van der Waals surface area (Å²) in [6, 6.07) is 11.3. The average Bonchev–Trinajstić information content (AvgIpc) is 3.09. The number of urea groups is 1. The number of anilines is 3. The monoisotopic (exact) mass is 446 g/mol. The number of thiazole rings is 1. The van der Waals surface area contributed by atoms with Crippen molar-refractivity contribution in [3.05, 3.63) is 58.1 Å². The highest BCUT2D eigenvalue weighted by Crippen LogP contribution is 2.31. The zero-order valence-corrected chi connectivity index (χ0v) is 18.0. The van der Waals surface area contributed by atoms with Gasteiger partial charge >= 0.3 is 6.03 Å². The first-order valence-corrected chi connectivity index (χ1v) is 9.93. The predicted octanol–water partition coefficient (Wildman–Crippen LogP) is 5.02. The lowest BCUT2D eigenvalue weighted by Crippen LogP contribution is -2.19. The summed E-state index contributed by atoms with van der Waals surface area (Å²) in [5, 5.41) is 8.95. The summed E-state index contributed by atoms with van der Waals surface area (Å²) in [4.78, 5) is 29.5. The Labute approximate surface area is 182 Å². The zero-order chi connectivity index (χ0) is 21.7. The van der Waals surface area contributed by atoms with Crippen LogP contribution >= 0.6 is 22.9 Å². The molecule has 0 saturated heterocycles. The molecule has 2 aromatic carbocycles. The first-order valence-electron chi connectivity index (χ1n) is 8.74. The molecule has 3 aromatic rings. The van der Waals surface area contributed by atoms with E-state index in [9.17, 15) is 9.59 Å². The number of methoxy groups -OCH3 is 2. The predicted molar refractivity (Wildman–Crippen MR) is 118 cm³/mol. The van der Waals surface area contributed by atoms with Gasteiger partial charge in [0.05, 0.1) is 25.6 Å². The van der Waals surface area contributed by atoms with Crippen LogP contribution in [0.1, 0.15) is 15.4 Å². The number of amides is 3. The van der Waals surface area contributed by atoms with Crippen molar-refractivity contribution in [2.24, 2.45) is 0 Å². The number of aryl methyl sites for hydroxylation is 1. The molecule has 3 rings (SSSR count). The molecule has 0 aliphatic carbocycles. The Morgan fingerprint density at radius 1 is 1.00 bits per heavy atom. The number of halogens is 1. The Kier molecular flexibility index (Phi) is 6.76. The molecule has 0 aliphatic rings. The van der Waals surface area contributed by atoms with E-state index in [-0.39, 0.29) is 5.91 Å². The van der Waals surface area contributed by atoms with Crippen LogP contribution in [0.4, 0.5) is 21.3 Å². The van der Waals surface area contributed by atoms with E-state index in [0.717, 1.165) is 11.3 Å². The molecule has 0 unspecified atom stereocenters. The number of hydrogen-bond donors (Lipinski definition) is 3. The van der Waals surface area contributed by atoms with Gasteiger partial charge < -0.3 is 20.1 Å². The molecule has 1 heterocycles. The fourth-order valence-corrected chi connectivity index (χ4v) is 3.52. The summed E-state index contributed by atoms with van der Waals surface area (Å²) in [7, 11) is 3.05. The molecule has 3 N–H and O–H groups in total. The van der Waals surface area contributed by atoms with Crippen molar-refractivity contribution < 1.29 is 19.1 Å². The van der Waals surface area contributed by atoms with Crippen molar-refractivity contribution >= 4 is 51.4 Å². The molecule has 0 saturated carbocycles. The van der Waals surface area contributed by atoms with Gasteiger partial charge in [-0.05, 0) is 43.3 Å². The van der Waals surface area contributed by atoms with E-state index in [0.29, 0.717) is 43.6 Å². The molecular formula is C20H19ClN4O4S. The third-order valence-electron chi connectivity index (χ3n) is 3.98. The van der Waals surface area contributed by atoms with Crippen molar-refractivity contribution in [2.75, 3.05) is 30.2 Å². The lowest BCUT2D eigenvalue weighted by atomic mass is 10.2. The van der Waals surface area contributed by atoms with Crippen LogP contribution in [0.25, 0.3) is 0 Å². The molecule has 0 bridgehead atoms. The van der Waals surface area contributed by atoms with Crippen LogP contribution in [-0.2, 0) is 0 Å². The fourth-order valence-electron chi connectivity index (χ4n) is 2.53. The summed E-state index contributed by atoms with van der Waals surface area (Å²) >= 11 is 6.90. The number of ether oxygens (including phenoxy) is 2. The topological polar surface area (TPSA) is 102 Å². The lowest BCUT2D eigenvalue weighted by Gasteiger charge is -2.11. The summed E-state index contributed by atoms with van der Waals surface area (Å²) in [5.74, 6) is 0.710. The van der Waals surface area contributed by atoms with Crippen LogP contribution in [0.3, 0.4) is 0 Å². The first kappa shape index (κ1) is 21.4. The Hall–Kier alpha value is -3.30. The minimum absolute atomic E-state index is 0.297. The van der Waals surface area contributed by atoms with Crippen LogP contribution in [0, 0.1) is 6.92 Å². The summed E-state index contributed by atoms with van der Waals surface area (Å²) in [6.07, 6.45) is 0. The van der Waals surface area contributed by atoms with Gasteiger partial charge in [-0.25, -0.2) is 9.78 Å². The molecule has 0 fully saturated rings. The number of carbonyl (C=O) groups is 2. The van der Waals surface area contributed by atoms with Gasteiger partial charge in [0.25, 0.3) is 5.91 Å². The molecule has 3 amide bonds. The Balaban J connectivity index is 1.68. The van der Waals surface area contributed by atoms with Crippen molar-refractivity contribution in [2.45, 2.75) is 6.92 Å². The maximum Gasteiger partial charge on any atom is 0.325 e. The van der Waals surface area contributed by atoms with Crippen LogP contribution in [0.5, 0.6) is 11.5 Å². The molecule has 10 heteroatoms. The van der Waals surface area contributed by atoms with E-state index in [4.69, 9.17) is 21.1 Å². The van der Waals surface area contributed by atoms with E-state index in [1.807, 2.05) is 0 Å². The van der Waals surface area contributed by atoms with E-state index in [1.54, 1.807) is 56.5 Å². The number of benzene rings is 2. The van der Waals surface area contributed by atoms with Crippen molar-refractivity contribution in [3.8, 4) is 11.5 Å². The summed E-state index contributed by atoms with van der Waals surface area (Å²) < 4.78 is 10.5. The molecule has 1 aromatic heterocycles. The van der Waals surface area contributed by atoms with Crippen LogP contribution in [0.15, 0.2) is 42.5 Å². The largest absolute Gasteiger partial charge is 0.497 e. The van der Waals surface area contributed by atoms with Crippen LogP contribution < -0.4 is 25.4 Å². The maximum absolute atomic E-state index is 12.7. The highest BCUT2D eigenvalue weighted by Gasteiger charge is 2.18. The van der Waals surface area contributed by atoms with E-state index in [1.165, 1.54) is 7.11 Å². The van der Waals surface area contributed by atoms with Gasteiger partial charge in [0, 0.05) is 16.8 Å². The van der Waals surface area contributed by atoms with Gasteiger partial charge in [-0.1, -0.05) is 22.9 Å². The van der Waals surface area contributed by atoms with E-state index < -0.39 is 6.03 Å². The molecule has 0 atom stereocenters. The van der Waals surface area contributed by atoms with Gasteiger partial charge in [-0.15, -0.1) is 0 Å². The zero-order valence-electron chi connectivity index (χ0n) is 16.4. The van der Waals surface area contributed by atoms with Gasteiger partial charge in [-0.3, -0.25) is 10.1 Å². The third-order valence-corrected chi connectivity index (χ3v) is 5.31. The van der Waals surface area contributed by atoms with Crippen molar-refractivity contribution in [1.82, 2.24) is 4.98 Å². The molecular weight excluding hydrogens is 428 g/mol. The highest BCUT2D eigenvalue weighted by molar-refractivity contribution is 7.17. The van der Waals surface area contributed by atoms with Crippen LogP contribution in [0.2, 0.25) is 5.02 Å². The van der Waals surface area contributed by atoms with Gasteiger partial charge in [0.2, 0.25) is 0 Å². The normalized spacial score (nSPS) is 10.3. The number of nitrogens with zero attached hydrogens (tertiary/aromatic N) is 1. The number of carbonyl (C=O) groups excluding carboxylic acids is 2. The van der Waals surface area contributed by atoms with Crippen molar-refractivity contribution in [3.63, 3.8) is 0 Å². The molecule has 0 aliphatic heterocycles. The maximum atomic E-state index is 12.7. The number of rotatable bonds is 6. The number of aromatic nitrogens is 1. The second-order valence-corrected chi connectivity index (χ2v) is 7.48. The lowest BCUT2D eigenvalue weighted by molar-refractivity contribution is 0.102. The minimum atomic E-state index is -0.477. The summed E-state index contributed by atoms with van der Waals surface area (Å²) in [5.41, 5.74) is 1.56. The molecule has 30 heavy (non-hydrogen) atoms. The number of hydrogen-bond acceptors (Lipinski definition) is 6. The molecule has 156 valence electrons. The van der Waals surface area contributed by atoms with E-state index >= 15 is 0 Å². The molecule has 0 radical (unpaired) electrons. The van der Waals surface area contributed by atoms with Gasteiger partial charge in [0.1, 0.15) is 16.4 Å². The Bertz CT molecular complexity index is 1070. The first-order chi connectivity index (χ1) is 14.4.